The zero-order valence-electron chi connectivity index (χ0n) is 17.9. The molecule has 9 heteroatoms. The Bertz CT molecular complexity index is 973. The summed E-state index contributed by atoms with van der Waals surface area (Å²) in [5.41, 5.74) is 1.03. The number of carbonyl (C=O) groups excluding carboxylic acids is 2. The molecule has 0 spiro atoms. The predicted octanol–water partition coefficient (Wildman–Crippen LogP) is 4.08. The molecule has 0 saturated carbocycles. The maximum absolute atomic E-state index is 15.0. The number of para-hydroxylation sites is 1. The summed E-state index contributed by atoms with van der Waals surface area (Å²) in [6.45, 7) is 4.46. The van der Waals surface area contributed by atoms with Crippen LogP contribution in [0, 0.1) is 17.6 Å². The number of hydrogen-bond donors (Lipinski definition) is 2. The van der Waals surface area contributed by atoms with E-state index in [-0.39, 0.29) is 37.2 Å². The lowest BCUT2D eigenvalue weighted by molar-refractivity contribution is -0.109. The highest BCUT2D eigenvalue weighted by Gasteiger charge is 2.34. The molecule has 3 amide bonds. The van der Waals surface area contributed by atoms with Gasteiger partial charge in [0.25, 0.3) is 0 Å². The third-order valence-corrected chi connectivity index (χ3v) is 5.87. The fourth-order valence-electron chi connectivity index (χ4n) is 3.85. The van der Waals surface area contributed by atoms with Gasteiger partial charge < -0.3 is 20.3 Å². The van der Waals surface area contributed by atoms with Crippen LogP contribution in [-0.2, 0) is 11.2 Å². The van der Waals surface area contributed by atoms with Crippen molar-refractivity contribution in [2.24, 2.45) is 5.92 Å². The van der Waals surface area contributed by atoms with Gasteiger partial charge in [0.2, 0.25) is 6.41 Å². The van der Waals surface area contributed by atoms with Crippen LogP contribution in [-0.4, -0.2) is 43.1 Å². The fraction of sp³-hybridized carbons (Fsp3) is 0.391. The van der Waals surface area contributed by atoms with Crippen molar-refractivity contribution in [1.29, 1.82) is 0 Å². The van der Waals surface area contributed by atoms with Crippen LogP contribution >= 0.6 is 11.6 Å². The van der Waals surface area contributed by atoms with Gasteiger partial charge in [-0.15, -0.1) is 0 Å². The molecule has 0 bridgehead atoms. The van der Waals surface area contributed by atoms with Crippen molar-refractivity contribution in [2.75, 3.05) is 19.7 Å². The summed E-state index contributed by atoms with van der Waals surface area (Å²) in [4.78, 5) is 25.2. The summed E-state index contributed by atoms with van der Waals surface area (Å²) >= 11 is 5.84. The molecule has 2 aromatic carbocycles. The third-order valence-electron chi connectivity index (χ3n) is 5.52. The van der Waals surface area contributed by atoms with E-state index in [1.54, 1.807) is 0 Å². The topological polar surface area (TPSA) is 70.7 Å². The maximum atomic E-state index is 15.0. The molecule has 3 rings (SSSR count). The lowest BCUT2D eigenvalue weighted by atomic mass is 9.86. The predicted molar refractivity (Wildman–Crippen MR) is 118 cm³/mol. The standard InChI is InChI=1S/C23H26ClF2N3O3/c1-14(2)29(10-9-27-13-30)23(31)28-22(17-7-8-18(25)20(24)21(17)26)16-11-15-5-3-4-6-19(15)32-12-16/h3-8,13-14,16,22H,9-12H2,1-2H3,(H,27,30)(H,28,31). The smallest absolute Gasteiger partial charge is 0.318 e. The molecule has 0 aliphatic carbocycles. The van der Waals surface area contributed by atoms with Gasteiger partial charge in [0.1, 0.15) is 22.4 Å². The van der Waals surface area contributed by atoms with E-state index in [4.69, 9.17) is 16.3 Å². The number of benzene rings is 2. The minimum atomic E-state index is -0.908. The number of ether oxygens (including phenoxy) is 1. The van der Waals surface area contributed by atoms with Gasteiger partial charge in [-0.25, -0.2) is 13.6 Å². The molecule has 1 aliphatic heterocycles. The molecule has 6 nitrogen and oxygen atoms in total. The fourth-order valence-corrected chi connectivity index (χ4v) is 4.02. The van der Waals surface area contributed by atoms with Crippen LogP contribution in [0.25, 0.3) is 0 Å². The van der Waals surface area contributed by atoms with Crippen molar-refractivity contribution in [3.63, 3.8) is 0 Å². The Kier molecular flexibility index (Phi) is 7.90. The monoisotopic (exact) mass is 465 g/mol. The van der Waals surface area contributed by atoms with E-state index in [1.165, 1.54) is 11.0 Å². The van der Waals surface area contributed by atoms with Crippen LogP contribution in [0.2, 0.25) is 5.02 Å². The number of amides is 3. The zero-order chi connectivity index (χ0) is 23.3. The summed E-state index contributed by atoms with van der Waals surface area (Å²) in [6.07, 6.45) is 1.09. The first-order valence-corrected chi connectivity index (χ1v) is 10.8. The van der Waals surface area contributed by atoms with Crippen molar-refractivity contribution in [3.8, 4) is 5.75 Å². The molecule has 0 aromatic heterocycles. The van der Waals surface area contributed by atoms with Crippen LogP contribution in [0.1, 0.15) is 31.0 Å². The first kappa shape index (κ1) is 23.8. The maximum Gasteiger partial charge on any atom is 0.318 e. The van der Waals surface area contributed by atoms with Crippen molar-refractivity contribution >= 4 is 24.0 Å². The molecule has 0 fully saturated rings. The SMILES string of the molecule is CC(C)N(CCNC=O)C(=O)NC(c1ccc(F)c(Cl)c1F)C1COc2ccccc2C1. The summed E-state index contributed by atoms with van der Waals surface area (Å²) in [6, 6.07) is 8.50. The van der Waals surface area contributed by atoms with Crippen LogP contribution in [0.5, 0.6) is 5.75 Å². The van der Waals surface area contributed by atoms with E-state index in [1.807, 2.05) is 38.1 Å². The summed E-state index contributed by atoms with van der Waals surface area (Å²) < 4.78 is 34.7. The minimum Gasteiger partial charge on any atom is -0.493 e. The zero-order valence-corrected chi connectivity index (χ0v) is 18.7. The minimum absolute atomic E-state index is 0.0902. The molecular formula is C23H26ClF2N3O3. The average Bonchev–Trinajstić information content (AvgIpc) is 2.78. The number of carbonyl (C=O) groups is 2. The van der Waals surface area contributed by atoms with Crippen molar-refractivity contribution < 1.29 is 23.1 Å². The molecule has 0 saturated heterocycles. The lowest BCUT2D eigenvalue weighted by Crippen LogP contribution is -2.49. The average molecular weight is 466 g/mol. The highest BCUT2D eigenvalue weighted by Crippen LogP contribution is 2.36. The van der Waals surface area contributed by atoms with E-state index in [2.05, 4.69) is 10.6 Å². The number of nitrogens with zero attached hydrogens (tertiary/aromatic N) is 1. The van der Waals surface area contributed by atoms with Crippen molar-refractivity contribution in [1.82, 2.24) is 15.5 Å². The molecule has 1 aliphatic rings. The van der Waals surface area contributed by atoms with E-state index >= 15 is 0 Å². The number of rotatable bonds is 8. The van der Waals surface area contributed by atoms with Crippen molar-refractivity contribution in [3.05, 3.63) is 64.2 Å². The Morgan fingerprint density at radius 2 is 2.03 bits per heavy atom. The number of fused-ring (bicyclic) bond motifs is 1. The largest absolute Gasteiger partial charge is 0.493 e. The first-order valence-electron chi connectivity index (χ1n) is 10.4. The van der Waals surface area contributed by atoms with Crippen LogP contribution in [0.3, 0.4) is 0 Å². The van der Waals surface area contributed by atoms with Crippen molar-refractivity contribution in [2.45, 2.75) is 32.4 Å². The Labute approximate surface area is 190 Å². The highest BCUT2D eigenvalue weighted by molar-refractivity contribution is 6.31. The molecular weight excluding hydrogens is 440 g/mol. The number of halogens is 3. The molecule has 32 heavy (non-hydrogen) atoms. The normalized spacial score (nSPS) is 16.0. The second-order valence-electron chi connectivity index (χ2n) is 7.93. The van der Waals surface area contributed by atoms with Gasteiger partial charge in [-0.3, -0.25) is 4.79 Å². The second-order valence-corrected chi connectivity index (χ2v) is 8.31. The summed E-state index contributed by atoms with van der Waals surface area (Å²) in [5.74, 6) is -1.34. The van der Waals surface area contributed by atoms with Gasteiger partial charge in [0.15, 0.2) is 0 Å². The Morgan fingerprint density at radius 3 is 2.75 bits per heavy atom. The third kappa shape index (κ3) is 5.30. The molecule has 2 N–H and O–H groups in total. The van der Waals surface area contributed by atoms with Gasteiger partial charge in [-0.2, -0.15) is 0 Å². The molecule has 2 aromatic rings. The quantitative estimate of drug-likeness (QED) is 0.350. The molecule has 0 radical (unpaired) electrons. The Hall–Kier alpha value is -2.87. The van der Waals surface area contributed by atoms with Gasteiger partial charge in [0.05, 0.1) is 12.6 Å². The van der Waals surface area contributed by atoms with E-state index < -0.39 is 28.7 Å². The van der Waals surface area contributed by atoms with Crippen LogP contribution < -0.4 is 15.4 Å². The Balaban J connectivity index is 1.91. The highest BCUT2D eigenvalue weighted by atomic mass is 35.5. The number of hydrogen-bond acceptors (Lipinski definition) is 3. The number of nitrogens with one attached hydrogen (secondary N) is 2. The lowest BCUT2D eigenvalue weighted by Gasteiger charge is -2.35. The van der Waals surface area contributed by atoms with E-state index in [0.29, 0.717) is 12.8 Å². The molecule has 172 valence electrons. The van der Waals surface area contributed by atoms with Gasteiger partial charge in [-0.1, -0.05) is 35.9 Å². The second kappa shape index (κ2) is 10.6. The molecule has 2 atom stereocenters. The first-order chi connectivity index (χ1) is 15.3. The molecule has 1 heterocycles. The van der Waals surface area contributed by atoms with Crippen LogP contribution in [0.4, 0.5) is 13.6 Å². The van der Waals surface area contributed by atoms with E-state index in [9.17, 15) is 18.4 Å². The number of urea groups is 1. The van der Waals surface area contributed by atoms with Crippen LogP contribution in [0.15, 0.2) is 36.4 Å². The van der Waals surface area contributed by atoms with Gasteiger partial charge in [0, 0.05) is 30.6 Å². The Morgan fingerprint density at radius 1 is 1.28 bits per heavy atom. The van der Waals surface area contributed by atoms with Gasteiger partial charge in [-0.05, 0) is 38.0 Å². The van der Waals surface area contributed by atoms with E-state index in [0.717, 1.165) is 17.4 Å². The summed E-state index contributed by atoms with van der Waals surface area (Å²) in [7, 11) is 0. The summed E-state index contributed by atoms with van der Waals surface area (Å²) in [5, 5.41) is 4.81. The van der Waals surface area contributed by atoms with Gasteiger partial charge >= 0.3 is 6.03 Å². The molecule has 2 unspecified atom stereocenters.